The van der Waals surface area contributed by atoms with Gasteiger partial charge in [-0.25, -0.2) is 4.39 Å². The van der Waals surface area contributed by atoms with Gasteiger partial charge in [0.15, 0.2) is 11.9 Å². The van der Waals surface area contributed by atoms with Gasteiger partial charge in [-0.15, -0.1) is 0 Å². The smallest absolute Gasteiger partial charge is 0.307 e. The summed E-state index contributed by atoms with van der Waals surface area (Å²) in [7, 11) is 0. The highest BCUT2D eigenvalue weighted by Crippen LogP contribution is 2.15. The van der Waals surface area contributed by atoms with Gasteiger partial charge in [0.2, 0.25) is 0 Å². The lowest BCUT2D eigenvalue weighted by Gasteiger charge is -2.13. The van der Waals surface area contributed by atoms with Crippen molar-refractivity contribution >= 4 is 39.3 Å². The second kappa shape index (κ2) is 9.41. The second-order valence-corrected chi connectivity index (χ2v) is 6.93. The maximum atomic E-state index is 13.5. The summed E-state index contributed by atoms with van der Waals surface area (Å²) >= 11 is 3.28. The number of anilines is 1. The Morgan fingerprint density at radius 2 is 1.78 bits per heavy atom. The molecular formula is C20H19BrFNO4. The van der Waals surface area contributed by atoms with E-state index in [0.29, 0.717) is 11.1 Å². The van der Waals surface area contributed by atoms with Gasteiger partial charge in [0.25, 0.3) is 5.91 Å². The molecule has 2 aromatic rings. The number of carbonyl (C=O) groups is 3. The molecule has 0 fully saturated rings. The molecule has 1 atom stereocenters. The Hall–Kier alpha value is -2.54. The Labute approximate surface area is 165 Å². The topological polar surface area (TPSA) is 72.5 Å². The first-order valence-electron chi connectivity index (χ1n) is 8.31. The number of Topliss-reactive ketones (excluding diaryl/α,β-unsaturated/α-hetero) is 1. The fraction of sp³-hybridized carbons (Fsp3) is 0.250. The zero-order chi connectivity index (χ0) is 20.0. The molecule has 0 aliphatic heterocycles. The first kappa shape index (κ1) is 20.8. The summed E-state index contributed by atoms with van der Waals surface area (Å²) in [5.41, 5.74) is 1.23. The zero-order valence-electron chi connectivity index (χ0n) is 14.9. The van der Waals surface area contributed by atoms with E-state index in [1.54, 1.807) is 37.3 Å². The van der Waals surface area contributed by atoms with E-state index < -0.39 is 23.8 Å². The van der Waals surface area contributed by atoms with Crippen molar-refractivity contribution in [3.63, 3.8) is 0 Å². The molecule has 0 aromatic heterocycles. The Morgan fingerprint density at radius 1 is 1.11 bits per heavy atom. The predicted molar refractivity (Wildman–Crippen MR) is 103 cm³/mol. The molecule has 0 aliphatic carbocycles. The van der Waals surface area contributed by atoms with Crippen LogP contribution < -0.4 is 5.32 Å². The summed E-state index contributed by atoms with van der Waals surface area (Å²) in [4.78, 5) is 36.0. The van der Waals surface area contributed by atoms with E-state index in [1.165, 1.54) is 19.1 Å². The van der Waals surface area contributed by atoms with Crippen molar-refractivity contribution < 1.29 is 23.5 Å². The summed E-state index contributed by atoms with van der Waals surface area (Å²) in [6.07, 6.45) is -1.21. The van der Waals surface area contributed by atoms with Crippen LogP contribution in [0.5, 0.6) is 0 Å². The molecule has 0 aliphatic rings. The van der Waals surface area contributed by atoms with Crippen LogP contribution in [0, 0.1) is 12.7 Å². The Bertz CT molecular complexity index is 852. The first-order valence-corrected chi connectivity index (χ1v) is 9.11. The van der Waals surface area contributed by atoms with Gasteiger partial charge in [0, 0.05) is 22.1 Å². The molecule has 2 aromatic carbocycles. The third-order valence-electron chi connectivity index (χ3n) is 3.84. The van der Waals surface area contributed by atoms with E-state index in [1.807, 2.05) is 0 Å². The minimum absolute atomic E-state index is 0.0159. The number of hydrogen-bond acceptors (Lipinski definition) is 4. The number of hydrogen-bond donors (Lipinski definition) is 1. The van der Waals surface area contributed by atoms with E-state index >= 15 is 0 Å². The van der Waals surface area contributed by atoms with Gasteiger partial charge in [-0.1, -0.05) is 34.1 Å². The summed E-state index contributed by atoms with van der Waals surface area (Å²) < 4.78 is 19.4. The van der Waals surface area contributed by atoms with Crippen molar-refractivity contribution in [2.75, 3.05) is 5.32 Å². The van der Waals surface area contributed by atoms with Crippen molar-refractivity contribution in [2.24, 2.45) is 0 Å². The van der Waals surface area contributed by atoms with E-state index in [-0.39, 0.29) is 24.3 Å². The average Bonchev–Trinajstić information content (AvgIpc) is 2.63. The number of ether oxygens (including phenoxy) is 1. The number of aryl methyl sites for hydroxylation is 1. The standard InChI is InChI=1S/C20H19BrFNO4/c1-12-3-8-16(11-17(12)22)23-20(26)13(2)27-19(25)10-9-18(24)14-4-6-15(21)7-5-14/h3-8,11,13H,9-10H2,1-2H3,(H,23,26). The van der Waals surface area contributed by atoms with E-state index in [9.17, 15) is 18.8 Å². The van der Waals surface area contributed by atoms with Crippen LogP contribution in [-0.4, -0.2) is 23.8 Å². The summed E-state index contributed by atoms with van der Waals surface area (Å²) in [6.45, 7) is 3.02. The summed E-state index contributed by atoms with van der Waals surface area (Å²) in [6, 6.07) is 11.1. The lowest BCUT2D eigenvalue weighted by Crippen LogP contribution is -2.30. The quantitative estimate of drug-likeness (QED) is 0.515. The van der Waals surface area contributed by atoms with Crippen LogP contribution in [-0.2, 0) is 14.3 Å². The minimum atomic E-state index is -1.07. The Morgan fingerprint density at radius 3 is 2.41 bits per heavy atom. The number of esters is 1. The van der Waals surface area contributed by atoms with Crippen LogP contribution in [0.4, 0.5) is 10.1 Å². The van der Waals surface area contributed by atoms with Crippen molar-refractivity contribution in [2.45, 2.75) is 32.8 Å². The number of halogens is 2. The monoisotopic (exact) mass is 435 g/mol. The zero-order valence-corrected chi connectivity index (χ0v) is 16.5. The van der Waals surface area contributed by atoms with Gasteiger partial charge in [0.1, 0.15) is 5.82 Å². The molecule has 0 saturated heterocycles. The summed E-state index contributed by atoms with van der Waals surface area (Å²) in [5.74, 6) is -1.86. The Balaban J connectivity index is 1.81. The minimum Gasteiger partial charge on any atom is -0.453 e. The van der Waals surface area contributed by atoms with Gasteiger partial charge in [-0.05, 0) is 43.7 Å². The maximum Gasteiger partial charge on any atom is 0.307 e. The SMILES string of the molecule is Cc1ccc(NC(=O)C(C)OC(=O)CCC(=O)c2ccc(Br)cc2)cc1F. The molecule has 0 spiro atoms. The van der Waals surface area contributed by atoms with E-state index in [2.05, 4.69) is 21.2 Å². The third kappa shape index (κ3) is 6.29. The fourth-order valence-electron chi connectivity index (χ4n) is 2.22. The van der Waals surface area contributed by atoms with Gasteiger partial charge in [-0.2, -0.15) is 0 Å². The number of ketones is 1. The molecule has 1 N–H and O–H groups in total. The molecule has 7 heteroatoms. The maximum absolute atomic E-state index is 13.5. The molecule has 142 valence electrons. The molecule has 0 saturated carbocycles. The number of rotatable bonds is 7. The Kier molecular flexibility index (Phi) is 7.24. The highest BCUT2D eigenvalue weighted by atomic mass is 79.9. The molecule has 27 heavy (non-hydrogen) atoms. The molecule has 0 bridgehead atoms. The van der Waals surface area contributed by atoms with Crippen LogP contribution in [0.3, 0.4) is 0 Å². The van der Waals surface area contributed by atoms with Crippen molar-refractivity contribution in [1.82, 2.24) is 0 Å². The third-order valence-corrected chi connectivity index (χ3v) is 4.37. The van der Waals surface area contributed by atoms with Gasteiger partial charge >= 0.3 is 5.97 Å². The molecule has 1 unspecified atom stereocenters. The number of carbonyl (C=O) groups excluding carboxylic acids is 3. The lowest BCUT2D eigenvalue weighted by molar-refractivity contribution is -0.153. The first-order chi connectivity index (χ1) is 12.8. The average molecular weight is 436 g/mol. The van der Waals surface area contributed by atoms with Gasteiger partial charge < -0.3 is 10.1 Å². The number of nitrogens with one attached hydrogen (secondary N) is 1. The highest BCUT2D eigenvalue weighted by Gasteiger charge is 2.19. The summed E-state index contributed by atoms with van der Waals surface area (Å²) in [5, 5.41) is 2.48. The van der Waals surface area contributed by atoms with Crippen molar-refractivity contribution in [3.8, 4) is 0 Å². The highest BCUT2D eigenvalue weighted by molar-refractivity contribution is 9.10. The van der Waals surface area contributed by atoms with Gasteiger partial charge in [-0.3, -0.25) is 14.4 Å². The number of amides is 1. The largest absolute Gasteiger partial charge is 0.453 e. The lowest BCUT2D eigenvalue weighted by atomic mass is 10.1. The van der Waals surface area contributed by atoms with Crippen LogP contribution in [0.1, 0.15) is 35.7 Å². The van der Waals surface area contributed by atoms with Crippen molar-refractivity contribution in [1.29, 1.82) is 0 Å². The normalized spacial score (nSPS) is 11.6. The molecule has 0 radical (unpaired) electrons. The van der Waals surface area contributed by atoms with Gasteiger partial charge in [0.05, 0.1) is 6.42 Å². The number of benzene rings is 2. The molecule has 2 rings (SSSR count). The van der Waals surface area contributed by atoms with Crippen molar-refractivity contribution in [3.05, 3.63) is 63.9 Å². The van der Waals surface area contributed by atoms with E-state index in [0.717, 1.165) is 4.47 Å². The van der Waals surface area contributed by atoms with Crippen LogP contribution in [0.15, 0.2) is 46.9 Å². The van der Waals surface area contributed by atoms with Crippen LogP contribution in [0.25, 0.3) is 0 Å². The molecular weight excluding hydrogens is 417 g/mol. The van der Waals surface area contributed by atoms with Crippen LogP contribution in [0.2, 0.25) is 0 Å². The molecule has 0 heterocycles. The predicted octanol–water partition coefficient (Wildman–Crippen LogP) is 4.43. The molecule has 5 nitrogen and oxygen atoms in total. The molecule has 1 amide bonds. The fourth-order valence-corrected chi connectivity index (χ4v) is 2.48. The van der Waals surface area contributed by atoms with E-state index in [4.69, 9.17) is 4.74 Å². The second-order valence-electron chi connectivity index (χ2n) is 6.02. The van der Waals surface area contributed by atoms with Crippen LogP contribution >= 0.6 is 15.9 Å².